The number of anilines is 1. The van der Waals surface area contributed by atoms with Crippen molar-refractivity contribution in [2.45, 2.75) is 58.4 Å². The van der Waals surface area contributed by atoms with E-state index in [0.29, 0.717) is 5.95 Å². The van der Waals surface area contributed by atoms with E-state index in [9.17, 15) is 4.79 Å². The number of nitrogens with zero attached hydrogens (tertiary/aromatic N) is 3. The second kappa shape index (κ2) is 7.87. The number of hydrogen-bond acceptors (Lipinski definition) is 3. The zero-order valence-electron chi connectivity index (χ0n) is 12.3. The number of carbonyl (C=O) groups excluding carboxylic acids is 1. The quantitative estimate of drug-likeness (QED) is 0.814. The zero-order valence-corrected chi connectivity index (χ0v) is 12.3. The summed E-state index contributed by atoms with van der Waals surface area (Å²) in [6.45, 7) is 3.45. The van der Waals surface area contributed by atoms with Gasteiger partial charge in [0.1, 0.15) is 6.33 Å². The van der Waals surface area contributed by atoms with Crippen LogP contribution in [-0.2, 0) is 6.54 Å². The molecule has 2 rings (SSSR count). The molecule has 2 amide bonds. The molecule has 0 aliphatic heterocycles. The predicted octanol–water partition coefficient (Wildman–Crippen LogP) is 2.78. The van der Waals surface area contributed by atoms with Gasteiger partial charge in [0.05, 0.1) is 0 Å². The van der Waals surface area contributed by atoms with Crippen LogP contribution >= 0.6 is 0 Å². The molecule has 1 aliphatic rings. The largest absolute Gasteiger partial charge is 0.338 e. The molecule has 20 heavy (non-hydrogen) atoms. The Hall–Kier alpha value is -1.59. The van der Waals surface area contributed by atoms with Gasteiger partial charge in [-0.05, 0) is 19.3 Å². The molecule has 6 nitrogen and oxygen atoms in total. The summed E-state index contributed by atoms with van der Waals surface area (Å²) in [6, 6.07) is -0.215. The lowest BCUT2D eigenvalue weighted by Gasteiger charge is -2.13. The molecule has 1 aromatic heterocycles. The predicted molar refractivity (Wildman–Crippen MR) is 78.5 cm³/mol. The van der Waals surface area contributed by atoms with Gasteiger partial charge in [-0.25, -0.2) is 9.78 Å². The average Bonchev–Trinajstić information content (AvgIpc) is 2.73. The number of rotatable bonds is 5. The lowest BCUT2D eigenvalue weighted by atomic mass is 9.97. The molecule has 0 unspecified atom stereocenters. The summed E-state index contributed by atoms with van der Waals surface area (Å²) in [5.41, 5.74) is 0. The highest BCUT2D eigenvalue weighted by molar-refractivity contribution is 5.87. The SMILES string of the molecule is CCn1cnc(NC(=O)NCCC2CCCCCC2)n1. The van der Waals surface area contributed by atoms with Crippen LogP contribution < -0.4 is 10.6 Å². The number of hydrogen-bond donors (Lipinski definition) is 2. The molecule has 1 aromatic rings. The van der Waals surface area contributed by atoms with Crippen LogP contribution in [0.15, 0.2) is 6.33 Å². The summed E-state index contributed by atoms with van der Waals surface area (Å²) >= 11 is 0. The number of aryl methyl sites for hydroxylation is 1. The lowest BCUT2D eigenvalue weighted by molar-refractivity contribution is 0.250. The minimum Gasteiger partial charge on any atom is -0.338 e. The summed E-state index contributed by atoms with van der Waals surface area (Å²) < 4.78 is 1.68. The van der Waals surface area contributed by atoms with Crippen LogP contribution in [0.25, 0.3) is 0 Å². The van der Waals surface area contributed by atoms with Gasteiger partial charge in [0.15, 0.2) is 0 Å². The number of urea groups is 1. The third-order valence-electron chi connectivity index (χ3n) is 3.90. The molecule has 0 atom stereocenters. The fourth-order valence-electron chi connectivity index (χ4n) is 2.69. The van der Waals surface area contributed by atoms with Crippen LogP contribution in [0, 0.1) is 5.92 Å². The number of aromatic nitrogens is 3. The van der Waals surface area contributed by atoms with Crippen molar-refractivity contribution < 1.29 is 4.79 Å². The van der Waals surface area contributed by atoms with Crippen molar-refractivity contribution in [3.63, 3.8) is 0 Å². The van der Waals surface area contributed by atoms with Crippen molar-refractivity contribution in [3.05, 3.63) is 6.33 Å². The molecule has 1 heterocycles. The Morgan fingerprint density at radius 2 is 2.10 bits per heavy atom. The van der Waals surface area contributed by atoms with Gasteiger partial charge in [0.25, 0.3) is 0 Å². The van der Waals surface area contributed by atoms with E-state index in [1.54, 1.807) is 11.0 Å². The van der Waals surface area contributed by atoms with Gasteiger partial charge in [-0.1, -0.05) is 38.5 Å². The first-order valence-corrected chi connectivity index (χ1v) is 7.72. The summed E-state index contributed by atoms with van der Waals surface area (Å²) in [4.78, 5) is 15.7. The topological polar surface area (TPSA) is 71.8 Å². The molecule has 0 bridgehead atoms. The molecule has 1 saturated carbocycles. The normalized spacial score (nSPS) is 16.6. The number of nitrogens with one attached hydrogen (secondary N) is 2. The van der Waals surface area contributed by atoms with E-state index in [1.807, 2.05) is 6.92 Å². The maximum atomic E-state index is 11.7. The van der Waals surface area contributed by atoms with E-state index in [1.165, 1.54) is 38.5 Å². The van der Waals surface area contributed by atoms with Crippen molar-refractivity contribution in [1.29, 1.82) is 0 Å². The minimum atomic E-state index is -0.215. The molecule has 112 valence electrons. The Bertz CT molecular complexity index is 409. The first-order valence-electron chi connectivity index (χ1n) is 7.72. The molecule has 1 aliphatic carbocycles. The van der Waals surface area contributed by atoms with Crippen LogP contribution in [-0.4, -0.2) is 27.3 Å². The van der Waals surface area contributed by atoms with Crippen molar-refractivity contribution in [2.75, 3.05) is 11.9 Å². The number of amides is 2. The van der Waals surface area contributed by atoms with E-state index in [2.05, 4.69) is 20.7 Å². The van der Waals surface area contributed by atoms with Gasteiger partial charge < -0.3 is 5.32 Å². The maximum absolute atomic E-state index is 11.7. The fourth-order valence-corrected chi connectivity index (χ4v) is 2.69. The Balaban J connectivity index is 1.64. The van der Waals surface area contributed by atoms with Gasteiger partial charge in [-0.3, -0.25) is 10.00 Å². The molecular formula is C14H25N5O. The standard InChI is InChI=1S/C14H25N5O/c1-2-19-11-16-13(18-19)17-14(20)15-10-9-12-7-5-3-4-6-8-12/h11-12H,2-10H2,1H3,(H2,15,17,18,20). The lowest BCUT2D eigenvalue weighted by Crippen LogP contribution is -2.31. The van der Waals surface area contributed by atoms with Crippen molar-refractivity contribution >= 4 is 12.0 Å². The first-order chi connectivity index (χ1) is 9.78. The average molecular weight is 279 g/mol. The van der Waals surface area contributed by atoms with Gasteiger partial charge in [0, 0.05) is 13.1 Å². The Morgan fingerprint density at radius 3 is 2.75 bits per heavy atom. The molecular weight excluding hydrogens is 254 g/mol. The monoisotopic (exact) mass is 279 g/mol. The molecule has 0 spiro atoms. The molecule has 0 radical (unpaired) electrons. The third kappa shape index (κ3) is 4.83. The second-order valence-electron chi connectivity index (χ2n) is 5.45. The summed E-state index contributed by atoms with van der Waals surface area (Å²) in [5.74, 6) is 1.13. The summed E-state index contributed by atoms with van der Waals surface area (Å²) in [7, 11) is 0. The van der Waals surface area contributed by atoms with Crippen LogP contribution in [0.1, 0.15) is 51.9 Å². The van der Waals surface area contributed by atoms with Gasteiger partial charge >= 0.3 is 6.03 Å². The van der Waals surface area contributed by atoms with Crippen LogP contribution in [0.5, 0.6) is 0 Å². The van der Waals surface area contributed by atoms with E-state index in [4.69, 9.17) is 0 Å². The Morgan fingerprint density at radius 1 is 1.35 bits per heavy atom. The van der Waals surface area contributed by atoms with E-state index < -0.39 is 0 Å². The first kappa shape index (κ1) is 14.8. The van der Waals surface area contributed by atoms with Crippen LogP contribution in [0.2, 0.25) is 0 Å². The highest BCUT2D eigenvalue weighted by Crippen LogP contribution is 2.24. The minimum absolute atomic E-state index is 0.215. The number of carbonyl (C=O) groups is 1. The van der Waals surface area contributed by atoms with Crippen molar-refractivity contribution in [1.82, 2.24) is 20.1 Å². The highest BCUT2D eigenvalue weighted by atomic mass is 16.2. The van der Waals surface area contributed by atoms with Crippen molar-refractivity contribution in [3.8, 4) is 0 Å². The Kier molecular flexibility index (Phi) is 5.83. The smallest absolute Gasteiger partial charge is 0.321 e. The van der Waals surface area contributed by atoms with Crippen molar-refractivity contribution in [2.24, 2.45) is 5.92 Å². The van der Waals surface area contributed by atoms with Gasteiger partial charge in [-0.15, -0.1) is 5.10 Å². The molecule has 0 aromatic carbocycles. The maximum Gasteiger partial charge on any atom is 0.321 e. The van der Waals surface area contributed by atoms with Gasteiger partial charge in [0.2, 0.25) is 5.95 Å². The van der Waals surface area contributed by atoms with Crippen LogP contribution in [0.3, 0.4) is 0 Å². The summed E-state index contributed by atoms with van der Waals surface area (Å²) in [6.07, 6.45) is 10.7. The third-order valence-corrected chi connectivity index (χ3v) is 3.90. The second-order valence-corrected chi connectivity index (χ2v) is 5.45. The molecule has 6 heteroatoms. The molecule has 0 saturated heterocycles. The van der Waals surface area contributed by atoms with E-state index in [-0.39, 0.29) is 6.03 Å². The molecule has 2 N–H and O–H groups in total. The van der Waals surface area contributed by atoms with E-state index >= 15 is 0 Å². The van der Waals surface area contributed by atoms with E-state index in [0.717, 1.165) is 25.4 Å². The molecule has 1 fully saturated rings. The summed E-state index contributed by atoms with van der Waals surface area (Å²) in [5, 5.41) is 9.65. The van der Waals surface area contributed by atoms with Gasteiger partial charge in [-0.2, -0.15) is 0 Å². The highest BCUT2D eigenvalue weighted by Gasteiger charge is 2.12. The fraction of sp³-hybridized carbons (Fsp3) is 0.786. The zero-order chi connectivity index (χ0) is 14.2. The van der Waals surface area contributed by atoms with Crippen LogP contribution in [0.4, 0.5) is 10.7 Å². The Labute approximate surface area is 120 Å².